The summed E-state index contributed by atoms with van der Waals surface area (Å²) in [5.74, 6) is -11.0. The number of carboxylic acid groups (broad SMARTS) is 2. The summed E-state index contributed by atoms with van der Waals surface area (Å²) in [6, 6.07) is 5.13. The lowest BCUT2D eigenvalue weighted by Gasteiger charge is -2.27. The van der Waals surface area contributed by atoms with Crippen molar-refractivity contribution < 1.29 is 98.0 Å². The molecule has 0 aromatic heterocycles. The molecule has 0 radical (unpaired) electrons. The van der Waals surface area contributed by atoms with Crippen molar-refractivity contribution in [2.45, 2.75) is 226 Å². The van der Waals surface area contributed by atoms with E-state index in [0.29, 0.717) is 56.2 Å². The molecule has 1 aromatic carbocycles. The van der Waals surface area contributed by atoms with Crippen LogP contribution in [0, 0.1) is 40.9 Å². The van der Waals surface area contributed by atoms with E-state index in [2.05, 4.69) is 22.5 Å². The number of phenols is 1. The van der Waals surface area contributed by atoms with E-state index in [1.807, 2.05) is 13.8 Å². The van der Waals surface area contributed by atoms with E-state index < -0.39 is 93.8 Å². The van der Waals surface area contributed by atoms with Crippen LogP contribution in [0.15, 0.2) is 36.5 Å². The number of nitrogens with one attached hydrogen (secondary N) is 4. The molecule has 1 aromatic rings. The number of primary amides is 1. The zero-order valence-corrected chi connectivity index (χ0v) is 59.5. The lowest BCUT2D eigenvalue weighted by atomic mass is 9.74. The fourth-order valence-electron chi connectivity index (χ4n) is 11.4. The predicted octanol–water partition coefficient (Wildman–Crippen LogP) is 8.98. The van der Waals surface area contributed by atoms with Gasteiger partial charge in [0.25, 0.3) is 10.1 Å². The van der Waals surface area contributed by atoms with Crippen molar-refractivity contribution in [3.05, 3.63) is 42.1 Å². The van der Waals surface area contributed by atoms with E-state index in [9.17, 15) is 71.7 Å². The van der Waals surface area contributed by atoms with Crippen molar-refractivity contribution in [3.63, 3.8) is 0 Å². The van der Waals surface area contributed by atoms with Crippen LogP contribution >= 0.6 is 0 Å². The summed E-state index contributed by atoms with van der Waals surface area (Å²) < 4.78 is 52.1. The van der Waals surface area contributed by atoms with Crippen LogP contribution in [0.2, 0.25) is 0 Å². The molecule has 0 fully saturated rings. The van der Waals surface area contributed by atoms with Gasteiger partial charge in [-0.25, -0.2) is 4.79 Å². The van der Waals surface area contributed by atoms with Gasteiger partial charge in [0.05, 0.1) is 51.0 Å². The van der Waals surface area contributed by atoms with Gasteiger partial charge in [0.2, 0.25) is 17.7 Å². The van der Waals surface area contributed by atoms with E-state index >= 15 is 0 Å². The number of unbranched alkanes of at least 4 members (excludes halogenated alkanes) is 14. The normalized spacial score (nSPS) is 13.4. The quantitative estimate of drug-likeness (QED) is 0.0126. The molecule has 12 N–H and O–H groups in total. The summed E-state index contributed by atoms with van der Waals surface area (Å²) in [4.78, 5) is 130. The van der Waals surface area contributed by atoms with Crippen LogP contribution in [0.3, 0.4) is 0 Å². The molecule has 0 aliphatic rings. The number of phenolic OH excluding ortho intramolecular Hbond substituents is 1. The predicted molar refractivity (Wildman–Crippen MR) is 376 cm³/mol. The lowest BCUT2D eigenvalue weighted by molar-refractivity contribution is -0.144. The second-order valence-electron chi connectivity index (χ2n) is 26.2. The number of aromatic hydroxyl groups is 1. The first kappa shape index (κ1) is 89.5. The number of rotatable bonds is 67. The summed E-state index contributed by atoms with van der Waals surface area (Å²) in [7, 11) is -3.86. The highest BCUT2D eigenvalue weighted by atomic mass is 32.2. The van der Waals surface area contributed by atoms with Crippen LogP contribution in [0.4, 0.5) is 0 Å². The third-order valence-corrected chi connectivity index (χ3v) is 17.7. The van der Waals surface area contributed by atoms with Gasteiger partial charge in [0.15, 0.2) is 5.78 Å². The number of benzene rings is 1. The summed E-state index contributed by atoms with van der Waals surface area (Å²) >= 11 is 0. The number of amides is 3. The van der Waals surface area contributed by atoms with Gasteiger partial charge in [-0.2, -0.15) is 8.42 Å². The first-order valence-electron chi connectivity index (χ1n) is 35.3. The molecule has 562 valence electrons. The Hall–Kier alpha value is -6.52. The molecule has 27 heteroatoms. The van der Waals surface area contributed by atoms with Gasteiger partial charge >= 0.3 is 11.9 Å². The maximum absolute atomic E-state index is 14.3. The van der Waals surface area contributed by atoms with Gasteiger partial charge in [0.1, 0.15) is 48.1 Å². The molecule has 0 bridgehead atoms. The molecule has 0 heterocycles. The molecule has 0 saturated carbocycles. The van der Waals surface area contributed by atoms with Crippen molar-refractivity contribution in [3.8, 4) is 5.75 Å². The Kier molecular flexibility index (Phi) is 49.6. The van der Waals surface area contributed by atoms with Gasteiger partial charge in [-0.15, -0.1) is 0 Å². The maximum atomic E-state index is 14.3. The van der Waals surface area contributed by atoms with Crippen LogP contribution in [0.5, 0.6) is 5.75 Å². The number of hydrogen-bond acceptors (Lipinski definition) is 19. The minimum atomic E-state index is -3.86. The number of carboxylic acids is 2. The molecule has 0 aliphatic carbocycles. The third kappa shape index (κ3) is 48.3. The number of carbonyl (C=O) groups excluding carboxylic acids is 8. The molecule has 98 heavy (non-hydrogen) atoms. The van der Waals surface area contributed by atoms with Crippen LogP contribution in [0.1, 0.15) is 222 Å². The van der Waals surface area contributed by atoms with Crippen molar-refractivity contribution in [1.82, 2.24) is 16.0 Å². The maximum Gasteiger partial charge on any atom is 0.326 e. The van der Waals surface area contributed by atoms with Crippen molar-refractivity contribution in [2.75, 3.05) is 71.7 Å². The number of amidine groups is 1. The number of aliphatic carboxylic acids is 2. The lowest BCUT2D eigenvalue weighted by Crippen LogP contribution is -2.37. The fraction of sp³-hybridized carbons (Fsp3) is 0.732. The van der Waals surface area contributed by atoms with E-state index in [1.54, 1.807) is 12.1 Å². The first-order chi connectivity index (χ1) is 46.6. The summed E-state index contributed by atoms with van der Waals surface area (Å²) in [6.45, 7) is 10.4. The van der Waals surface area contributed by atoms with Gasteiger partial charge in [-0.3, -0.25) is 53.1 Å². The van der Waals surface area contributed by atoms with Crippen molar-refractivity contribution in [1.29, 1.82) is 5.41 Å². The van der Waals surface area contributed by atoms with E-state index in [4.69, 9.17) is 40.4 Å². The summed E-state index contributed by atoms with van der Waals surface area (Å²) in [5, 5.41) is 45.4. The highest BCUT2D eigenvalue weighted by molar-refractivity contribution is 7.85. The van der Waals surface area contributed by atoms with Crippen LogP contribution in [-0.2, 0) is 83.4 Å². The molecule has 3 amide bonds. The number of ether oxygens (including phenoxy) is 4. The SMILES string of the molecule is C=C(CCCCCCCCCCCCCCCS(=O)(=O)O)N[C@@H](CCC(=O)NCCOCCOCC(=O)CCCOCCOCC(=O)NCCCC[C@H](CC(=O)CC(C)C)C(=O)C[C@H](CC(=O)O)C(=O)C(C)[C@@H](CCCCC(=N)N)C(=O)C[C@@H](Cc1ccc(O)cc1)C(N)=O)C(=O)O.[HH].[HH]. The molecule has 1 rings (SSSR count). The Morgan fingerprint density at radius 2 is 1.10 bits per heavy atom. The Balaban J connectivity index is 0. The fourth-order valence-corrected chi connectivity index (χ4v) is 12.0. The molecule has 1 unspecified atom stereocenters. The van der Waals surface area contributed by atoms with E-state index in [0.717, 1.165) is 57.8 Å². The summed E-state index contributed by atoms with van der Waals surface area (Å²) in [6.07, 6.45) is 15.7. The number of ketones is 5. The molecular formula is C71H122N6O20S. The zero-order valence-electron chi connectivity index (χ0n) is 58.6. The van der Waals surface area contributed by atoms with E-state index in [1.165, 1.54) is 38.3 Å². The Morgan fingerprint density at radius 1 is 0.551 bits per heavy atom. The highest BCUT2D eigenvalue weighted by Gasteiger charge is 2.38. The average molecular weight is 1410 g/mol. The molecule has 0 aliphatic heterocycles. The highest BCUT2D eigenvalue weighted by Crippen LogP contribution is 2.31. The van der Waals surface area contributed by atoms with E-state index in [-0.39, 0.29) is 180 Å². The smallest absolute Gasteiger partial charge is 0.326 e. The molecule has 26 nitrogen and oxygen atoms in total. The molecular weight excluding hydrogens is 1290 g/mol. The standard InChI is InChI=1S/C71H118N6O20S.2H2/c1-51(2)43-60(80)45-55(63(81)46-56(48-68(85)86)69(87)53(4)61(26-17-18-27-65(72)73)64(82)47-57(70(74)88)44-54-28-30-58(78)31-29-54)24-19-20-34-75-67(84)50-97-41-38-94-36-22-25-59(79)49-96-40-39-95-37-35-76-66(83)33-32-62(71(89)90)77-52(3)23-16-14-12-10-8-6-5-7-9-11-13-15-21-42-98(91,92)93;;/h28-31,51,53,55-57,61-62,77-78H,3,5-27,32-50H2,1-2,4H3,(H3,72,73)(H2,74,88)(H,75,84)(H,76,83)(H,85,86)(H,89,90)(H,91,92,93);2*1H/t53?,55-,56-,57-,61-,62+;;/m1../s1. The van der Waals surface area contributed by atoms with Gasteiger partial charge in [0, 0.05) is 103 Å². The monoisotopic (exact) mass is 1410 g/mol. The minimum Gasteiger partial charge on any atom is -0.508 e. The number of carbonyl (C=O) groups is 10. The molecule has 0 spiro atoms. The number of nitrogens with two attached hydrogens (primary N) is 2. The summed E-state index contributed by atoms with van der Waals surface area (Å²) in [5.41, 5.74) is 12.6. The van der Waals surface area contributed by atoms with Crippen molar-refractivity contribution in [2.24, 2.45) is 47.0 Å². The number of Topliss-reactive ketones (excluding diaryl/α,β-unsaturated/α-hetero) is 5. The van der Waals surface area contributed by atoms with Gasteiger partial charge < -0.3 is 61.7 Å². The minimum absolute atomic E-state index is 0. The van der Waals surface area contributed by atoms with Crippen LogP contribution in [0.25, 0.3) is 0 Å². The first-order valence-corrected chi connectivity index (χ1v) is 36.9. The Bertz CT molecular complexity index is 2690. The molecule has 0 saturated heterocycles. The molecule has 6 atom stereocenters. The van der Waals surface area contributed by atoms with Crippen LogP contribution in [-0.4, -0.2) is 170 Å². The number of hydrogen-bond donors (Lipinski definition) is 10. The Morgan fingerprint density at radius 3 is 1.68 bits per heavy atom. The largest absolute Gasteiger partial charge is 0.508 e. The second kappa shape index (κ2) is 54.3. The third-order valence-electron chi connectivity index (χ3n) is 16.9. The van der Waals surface area contributed by atoms with Gasteiger partial charge in [-0.05, 0) is 87.8 Å². The Labute approximate surface area is 584 Å². The average Bonchev–Trinajstić information content (AvgIpc) is 0.839. The van der Waals surface area contributed by atoms with Gasteiger partial charge in [-0.1, -0.05) is 123 Å². The van der Waals surface area contributed by atoms with Crippen LogP contribution < -0.4 is 27.4 Å². The zero-order chi connectivity index (χ0) is 73.1. The van der Waals surface area contributed by atoms with Crippen molar-refractivity contribution >= 4 is 74.5 Å². The number of allylic oxidation sites excluding steroid dienone is 1. The topological polar surface area (TPSA) is 435 Å². The second-order valence-corrected chi connectivity index (χ2v) is 27.8.